The van der Waals surface area contributed by atoms with Crippen LogP contribution in [0.25, 0.3) is 0 Å². The topological polar surface area (TPSA) is 32.8 Å². The molecule has 0 aromatic heterocycles. The molecular formula is C18H26N2O2. The Balaban J connectivity index is 1.64. The fourth-order valence-electron chi connectivity index (χ4n) is 3.27. The molecule has 22 heavy (non-hydrogen) atoms. The molecule has 1 heterocycles. The fraction of sp³-hybridized carbons (Fsp3) is 0.611. The van der Waals surface area contributed by atoms with Gasteiger partial charge in [-0.25, -0.2) is 0 Å². The summed E-state index contributed by atoms with van der Waals surface area (Å²) < 4.78 is 5.06. The van der Waals surface area contributed by atoms with Crippen LogP contribution in [0.3, 0.4) is 0 Å². The van der Waals surface area contributed by atoms with Crippen molar-refractivity contribution >= 4 is 11.7 Å². The second-order valence-corrected chi connectivity index (χ2v) is 6.60. The predicted molar refractivity (Wildman–Crippen MR) is 88.1 cm³/mol. The van der Waals surface area contributed by atoms with Crippen LogP contribution in [-0.4, -0.2) is 44.2 Å². The molecule has 1 aliphatic heterocycles. The number of nitrogens with zero attached hydrogens (tertiary/aromatic N) is 2. The van der Waals surface area contributed by atoms with Crippen molar-refractivity contribution in [2.45, 2.75) is 32.7 Å². The number of likely N-dealkylation sites (N-methyl/N-ethyl adjacent to an activating group) is 1. The van der Waals surface area contributed by atoms with E-state index >= 15 is 0 Å². The Kier molecular flexibility index (Phi) is 4.67. The molecule has 1 aromatic carbocycles. The number of anilines is 1. The van der Waals surface area contributed by atoms with Crippen molar-refractivity contribution in [1.29, 1.82) is 0 Å². The zero-order valence-electron chi connectivity index (χ0n) is 13.7. The molecule has 3 rings (SSSR count). The van der Waals surface area contributed by atoms with Gasteiger partial charge < -0.3 is 9.64 Å². The summed E-state index contributed by atoms with van der Waals surface area (Å²) in [5.74, 6) is 0.746. The molecule has 4 nitrogen and oxygen atoms in total. The zero-order chi connectivity index (χ0) is 15.5. The Bertz CT molecular complexity index is 540. The van der Waals surface area contributed by atoms with Crippen LogP contribution in [0.5, 0.6) is 0 Å². The number of ether oxygens (including phenoxy) is 1. The molecule has 0 saturated heterocycles. The van der Waals surface area contributed by atoms with Crippen LogP contribution < -0.4 is 4.90 Å². The SMILES string of the molecule is CC(=O)OCCN(C)c1cccc2c1CCN(CC1CC1)C2. The summed E-state index contributed by atoms with van der Waals surface area (Å²) >= 11 is 0. The van der Waals surface area contributed by atoms with Crippen molar-refractivity contribution in [2.75, 3.05) is 38.2 Å². The molecule has 1 fully saturated rings. The van der Waals surface area contributed by atoms with E-state index in [-0.39, 0.29) is 5.97 Å². The lowest BCUT2D eigenvalue weighted by Gasteiger charge is -2.32. The van der Waals surface area contributed by atoms with Crippen LogP contribution in [0, 0.1) is 5.92 Å². The highest BCUT2D eigenvalue weighted by Gasteiger charge is 2.27. The lowest BCUT2D eigenvalue weighted by molar-refractivity contribution is -0.140. The first-order valence-corrected chi connectivity index (χ1v) is 8.31. The summed E-state index contributed by atoms with van der Waals surface area (Å²) in [7, 11) is 2.08. The minimum atomic E-state index is -0.209. The second-order valence-electron chi connectivity index (χ2n) is 6.60. The van der Waals surface area contributed by atoms with Gasteiger partial charge in [-0.05, 0) is 42.4 Å². The fourth-order valence-corrected chi connectivity index (χ4v) is 3.27. The zero-order valence-corrected chi connectivity index (χ0v) is 13.7. The maximum Gasteiger partial charge on any atom is 0.302 e. The molecule has 0 spiro atoms. The third kappa shape index (κ3) is 3.80. The van der Waals surface area contributed by atoms with Crippen molar-refractivity contribution in [3.8, 4) is 0 Å². The van der Waals surface area contributed by atoms with Crippen LogP contribution in [0.2, 0.25) is 0 Å². The third-order valence-corrected chi connectivity index (χ3v) is 4.68. The van der Waals surface area contributed by atoms with Gasteiger partial charge in [0.2, 0.25) is 0 Å². The Morgan fingerprint density at radius 2 is 2.23 bits per heavy atom. The van der Waals surface area contributed by atoms with E-state index in [1.165, 1.54) is 43.1 Å². The molecule has 120 valence electrons. The van der Waals surface area contributed by atoms with Crippen LogP contribution >= 0.6 is 0 Å². The summed E-state index contributed by atoms with van der Waals surface area (Å²) in [6, 6.07) is 6.60. The smallest absolute Gasteiger partial charge is 0.302 e. The maximum atomic E-state index is 10.9. The number of fused-ring (bicyclic) bond motifs is 1. The molecule has 1 aliphatic carbocycles. The van der Waals surface area contributed by atoms with Gasteiger partial charge in [0.25, 0.3) is 0 Å². The molecule has 0 amide bonds. The first kappa shape index (κ1) is 15.3. The molecule has 0 bridgehead atoms. The number of esters is 1. The standard InChI is InChI=1S/C18H26N2O2/c1-14(21)22-11-10-19(2)18-5-3-4-16-13-20(9-8-17(16)18)12-15-6-7-15/h3-5,15H,6-13H2,1-2H3. The summed E-state index contributed by atoms with van der Waals surface area (Å²) in [6.45, 7) is 6.16. The highest BCUT2D eigenvalue weighted by Crippen LogP contribution is 2.33. The number of carbonyl (C=O) groups is 1. The second kappa shape index (κ2) is 6.69. The highest BCUT2D eigenvalue weighted by atomic mass is 16.5. The molecular weight excluding hydrogens is 276 g/mol. The molecule has 4 heteroatoms. The van der Waals surface area contributed by atoms with Crippen molar-refractivity contribution in [1.82, 2.24) is 4.90 Å². The normalized spacial score (nSPS) is 17.9. The molecule has 2 aliphatic rings. The van der Waals surface area contributed by atoms with E-state index in [0.717, 1.165) is 32.0 Å². The van der Waals surface area contributed by atoms with Crippen molar-refractivity contribution in [3.05, 3.63) is 29.3 Å². The molecule has 0 unspecified atom stereocenters. The first-order valence-electron chi connectivity index (χ1n) is 8.31. The number of hydrogen-bond donors (Lipinski definition) is 0. The quantitative estimate of drug-likeness (QED) is 0.756. The monoisotopic (exact) mass is 302 g/mol. The number of benzene rings is 1. The summed E-state index contributed by atoms with van der Waals surface area (Å²) in [6.07, 6.45) is 3.96. The molecule has 1 aromatic rings. The van der Waals surface area contributed by atoms with Gasteiger partial charge in [0.15, 0.2) is 0 Å². The lowest BCUT2D eigenvalue weighted by atomic mass is 9.97. The maximum absolute atomic E-state index is 10.9. The van der Waals surface area contributed by atoms with E-state index in [1.807, 2.05) is 0 Å². The Morgan fingerprint density at radius 1 is 1.41 bits per heavy atom. The van der Waals surface area contributed by atoms with E-state index in [2.05, 4.69) is 35.0 Å². The predicted octanol–water partition coefficient (Wildman–Crippen LogP) is 2.45. The Morgan fingerprint density at radius 3 is 2.95 bits per heavy atom. The minimum absolute atomic E-state index is 0.209. The lowest BCUT2D eigenvalue weighted by Crippen LogP contribution is -2.33. The average Bonchev–Trinajstić information content (AvgIpc) is 3.30. The number of hydrogen-bond acceptors (Lipinski definition) is 4. The van der Waals surface area contributed by atoms with Gasteiger partial charge in [-0.2, -0.15) is 0 Å². The van der Waals surface area contributed by atoms with Gasteiger partial charge in [0.1, 0.15) is 6.61 Å². The van der Waals surface area contributed by atoms with Crippen molar-refractivity contribution < 1.29 is 9.53 Å². The Labute approximate surface area is 133 Å². The van der Waals surface area contributed by atoms with Crippen molar-refractivity contribution in [2.24, 2.45) is 5.92 Å². The van der Waals surface area contributed by atoms with Gasteiger partial charge in [-0.3, -0.25) is 9.69 Å². The van der Waals surface area contributed by atoms with Crippen molar-refractivity contribution in [3.63, 3.8) is 0 Å². The molecule has 0 N–H and O–H groups in total. The largest absolute Gasteiger partial charge is 0.464 e. The van der Waals surface area contributed by atoms with E-state index in [9.17, 15) is 4.79 Å². The van der Waals surface area contributed by atoms with E-state index < -0.39 is 0 Å². The Hall–Kier alpha value is -1.55. The molecule has 0 atom stereocenters. The third-order valence-electron chi connectivity index (χ3n) is 4.68. The van der Waals surface area contributed by atoms with Gasteiger partial charge in [-0.1, -0.05) is 12.1 Å². The summed E-state index contributed by atoms with van der Waals surface area (Å²) in [5.41, 5.74) is 4.22. The van der Waals surface area contributed by atoms with Gasteiger partial charge in [0.05, 0.1) is 6.54 Å². The van der Waals surface area contributed by atoms with Gasteiger partial charge >= 0.3 is 5.97 Å². The number of rotatable bonds is 6. The highest BCUT2D eigenvalue weighted by molar-refractivity contribution is 5.66. The first-order chi connectivity index (χ1) is 10.6. The van der Waals surface area contributed by atoms with E-state index in [0.29, 0.717) is 6.61 Å². The van der Waals surface area contributed by atoms with Crippen LogP contribution in [0.15, 0.2) is 18.2 Å². The van der Waals surface area contributed by atoms with Crippen LogP contribution in [-0.2, 0) is 22.5 Å². The van der Waals surface area contributed by atoms with E-state index in [1.54, 1.807) is 0 Å². The molecule has 1 saturated carbocycles. The van der Waals surface area contributed by atoms with Gasteiger partial charge in [-0.15, -0.1) is 0 Å². The van der Waals surface area contributed by atoms with Gasteiger partial charge in [0, 0.05) is 39.3 Å². The average molecular weight is 302 g/mol. The minimum Gasteiger partial charge on any atom is -0.464 e. The van der Waals surface area contributed by atoms with E-state index in [4.69, 9.17) is 4.74 Å². The molecule has 0 radical (unpaired) electrons. The van der Waals surface area contributed by atoms with Crippen LogP contribution in [0.1, 0.15) is 30.9 Å². The van der Waals surface area contributed by atoms with Crippen LogP contribution in [0.4, 0.5) is 5.69 Å². The number of carbonyl (C=O) groups excluding carboxylic acids is 1. The summed E-state index contributed by atoms with van der Waals surface area (Å²) in [5, 5.41) is 0. The summed E-state index contributed by atoms with van der Waals surface area (Å²) in [4.78, 5) is 15.7.